The molecule has 2 aliphatic heterocycles. The van der Waals surface area contributed by atoms with E-state index in [-0.39, 0.29) is 23.8 Å². The van der Waals surface area contributed by atoms with Crippen molar-refractivity contribution in [3.05, 3.63) is 65.7 Å². The van der Waals surface area contributed by atoms with Crippen LogP contribution in [0, 0.1) is 29.0 Å². The second-order valence-electron chi connectivity index (χ2n) is 9.20. The summed E-state index contributed by atoms with van der Waals surface area (Å²) in [5.74, 6) is 0.474. The molecule has 3 fully saturated rings. The third kappa shape index (κ3) is 3.72. The highest BCUT2D eigenvalue weighted by molar-refractivity contribution is 7.22. The van der Waals surface area contributed by atoms with Crippen LogP contribution >= 0.6 is 11.3 Å². The number of anilines is 1. The standard InChI is InChI=1S/C25H22FN7OS/c1-14-16-9-18(10-16)32(22(14)13-28-25-31-20-4-3-17(26)11-23(20)35-25)24(34)19-8-15(12-27)2-5-21(19)33-29-6-7-30-33/h2-8,11,14,16,18,22H,9-10,13H2,1H3,(H,28,31)/t14-,16?,18?,22?/m1/s1. The van der Waals surface area contributed by atoms with E-state index in [1.54, 1.807) is 36.7 Å². The molecule has 4 heterocycles. The van der Waals surface area contributed by atoms with Crippen LogP contribution in [0.2, 0.25) is 0 Å². The molecular weight excluding hydrogens is 465 g/mol. The van der Waals surface area contributed by atoms with Crippen LogP contribution in [0.25, 0.3) is 15.9 Å². The number of fused-ring (bicyclic) bond motifs is 3. The number of nitrogens with zero attached hydrogens (tertiary/aromatic N) is 6. The fraction of sp³-hybridized carbons (Fsp3) is 0.320. The summed E-state index contributed by atoms with van der Waals surface area (Å²) in [5.41, 5.74) is 2.12. The zero-order valence-corrected chi connectivity index (χ0v) is 19.7. The highest BCUT2D eigenvalue weighted by atomic mass is 32.1. The van der Waals surface area contributed by atoms with Crippen LogP contribution in [0.3, 0.4) is 0 Å². The van der Waals surface area contributed by atoms with Crippen molar-refractivity contribution in [2.75, 3.05) is 11.9 Å². The molecule has 8 nitrogen and oxygen atoms in total. The number of hydrogen-bond donors (Lipinski definition) is 1. The average Bonchev–Trinajstić information content (AvgIpc) is 3.51. The molecule has 1 amide bonds. The second kappa shape index (κ2) is 8.43. The first-order valence-corrected chi connectivity index (χ1v) is 12.4. The Kier molecular flexibility index (Phi) is 5.22. The van der Waals surface area contributed by atoms with E-state index in [2.05, 4.69) is 33.5 Å². The Morgan fingerprint density at radius 2 is 2.03 bits per heavy atom. The Balaban J connectivity index is 1.31. The number of rotatable bonds is 5. The minimum Gasteiger partial charge on any atom is -0.359 e. The van der Waals surface area contributed by atoms with Crippen molar-refractivity contribution in [2.24, 2.45) is 11.8 Å². The highest BCUT2D eigenvalue weighted by Gasteiger charge is 2.50. The van der Waals surface area contributed by atoms with Gasteiger partial charge in [0.15, 0.2) is 5.13 Å². The predicted molar refractivity (Wildman–Crippen MR) is 130 cm³/mol. The van der Waals surface area contributed by atoms with Gasteiger partial charge in [0, 0.05) is 12.6 Å². The Hall–Kier alpha value is -3.84. The lowest BCUT2D eigenvalue weighted by Gasteiger charge is -2.57. The number of nitrogens with one attached hydrogen (secondary N) is 1. The number of carbonyl (C=O) groups excluding carboxylic acids is 1. The van der Waals surface area contributed by atoms with Crippen LogP contribution in [-0.2, 0) is 0 Å². The van der Waals surface area contributed by atoms with E-state index in [1.165, 1.54) is 28.3 Å². The molecule has 1 N–H and O–H groups in total. The lowest BCUT2D eigenvalue weighted by Crippen LogP contribution is -2.64. The first-order chi connectivity index (χ1) is 17.0. The van der Waals surface area contributed by atoms with Crippen LogP contribution in [0.15, 0.2) is 48.8 Å². The molecule has 3 aliphatic rings. The van der Waals surface area contributed by atoms with Gasteiger partial charge in [-0.1, -0.05) is 18.3 Å². The van der Waals surface area contributed by atoms with E-state index in [0.717, 1.165) is 23.1 Å². The number of hydrogen-bond acceptors (Lipinski definition) is 7. The number of carbonyl (C=O) groups is 1. The van der Waals surface area contributed by atoms with Crippen LogP contribution in [-0.4, -0.2) is 49.4 Å². The van der Waals surface area contributed by atoms with Gasteiger partial charge in [-0.15, -0.1) is 0 Å². The van der Waals surface area contributed by atoms with Crippen LogP contribution < -0.4 is 5.32 Å². The lowest BCUT2D eigenvalue weighted by molar-refractivity contribution is -0.0502. The van der Waals surface area contributed by atoms with Crippen molar-refractivity contribution in [2.45, 2.75) is 31.8 Å². The van der Waals surface area contributed by atoms with Gasteiger partial charge in [-0.2, -0.15) is 20.3 Å². The molecule has 7 rings (SSSR count). The predicted octanol–water partition coefficient (Wildman–Crippen LogP) is 4.24. The van der Waals surface area contributed by atoms with Crippen molar-refractivity contribution in [3.8, 4) is 11.8 Å². The minimum absolute atomic E-state index is 0.0482. The first kappa shape index (κ1) is 21.7. The van der Waals surface area contributed by atoms with E-state index in [9.17, 15) is 14.4 Å². The monoisotopic (exact) mass is 487 g/mol. The van der Waals surface area contributed by atoms with Crippen molar-refractivity contribution in [3.63, 3.8) is 0 Å². The summed E-state index contributed by atoms with van der Waals surface area (Å²) in [6, 6.07) is 11.8. The van der Waals surface area contributed by atoms with Crippen molar-refractivity contribution < 1.29 is 9.18 Å². The SMILES string of the molecule is C[C@@H]1C2CC(C2)N(C(=O)c2cc(C#N)ccc2-n2nccn2)C1CNc1nc2ccc(F)cc2s1. The van der Waals surface area contributed by atoms with Gasteiger partial charge in [0.25, 0.3) is 5.91 Å². The summed E-state index contributed by atoms with van der Waals surface area (Å²) in [6.45, 7) is 2.73. The molecule has 176 valence electrons. The molecule has 2 bridgehead atoms. The molecule has 35 heavy (non-hydrogen) atoms. The maximum atomic E-state index is 14.0. The molecule has 2 aromatic carbocycles. The fourth-order valence-corrected chi connectivity index (χ4v) is 6.22. The van der Waals surface area contributed by atoms with Crippen molar-refractivity contribution >= 4 is 32.6 Å². The molecule has 1 saturated carbocycles. The number of aromatic nitrogens is 4. The van der Waals surface area contributed by atoms with Crippen LogP contribution in [0.5, 0.6) is 0 Å². The van der Waals surface area contributed by atoms with Gasteiger partial charge in [0.05, 0.1) is 51.5 Å². The van der Waals surface area contributed by atoms with E-state index in [1.807, 2.05) is 4.90 Å². The van der Waals surface area contributed by atoms with Gasteiger partial charge in [-0.05, 0) is 61.1 Å². The number of piperidine rings is 2. The molecular formula is C25H22FN7OS. The minimum atomic E-state index is -0.285. The van der Waals surface area contributed by atoms with Crippen molar-refractivity contribution in [1.82, 2.24) is 24.9 Å². The normalized spacial score (nSPS) is 23.1. The summed E-state index contributed by atoms with van der Waals surface area (Å²) in [4.78, 5) is 22.0. The zero-order valence-electron chi connectivity index (χ0n) is 18.9. The lowest BCUT2D eigenvalue weighted by atomic mass is 9.64. The van der Waals surface area contributed by atoms with Crippen molar-refractivity contribution in [1.29, 1.82) is 5.26 Å². The van der Waals surface area contributed by atoms with Gasteiger partial charge < -0.3 is 10.2 Å². The molecule has 2 aromatic heterocycles. The molecule has 0 radical (unpaired) electrons. The Labute approximate surface area is 205 Å². The number of thiazole rings is 1. The molecule has 0 spiro atoms. The number of halogens is 1. The summed E-state index contributed by atoms with van der Waals surface area (Å²) in [5, 5.41) is 22.0. The van der Waals surface area contributed by atoms with Gasteiger partial charge in [-0.3, -0.25) is 4.79 Å². The maximum absolute atomic E-state index is 14.0. The summed E-state index contributed by atoms with van der Waals surface area (Å²) in [7, 11) is 0. The van der Waals surface area contributed by atoms with E-state index in [0.29, 0.717) is 40.3 Å². The number of nitriles is 1. The third-order valence-corrected chi connectivity index (χ3v) is 8.26. The molecule has 2 atom stereocenters. The molecule has 4 aromatic rings. The second-order valence-corrected chi connectivity index (χ2v) is 10.2. The molecule has 2 saturated heterocycles. The summed E-state index contributed by atoms with van der Waals surface area (Å²) < 4.78 is 14.4. The van der Waals surface area contributed by atoms with E-state index in [4.69, 9.17) is 0 Å². The first-order valence-electron chi connectivity index (χ1n) is 11.6. The third-order valence-electron chi connectivity index (χ3n) is 7.29. The Morgan fingerprint density at radius 1 is 1.23 bits per heavy atom. The largest absolute Gasteiger partial charge is 0.359 e. The number of benzene rings is 2. The van der Waals surface area contributed by atoms with Gasteiger partial charge >= 0.3 is 0 Å². The topological polar surface area (TPSA) is 99.7 Å². The van der Waals surface area contributed by atoms with E-state index < -0.39 is 0 Å². The Bertz CT molecular complexity index is 1450. The van der Waals surface area contributed by atoms with Crippen LogP contribution in [0.1, 0.15) is 35.7 Å². The fourth-order valence-electron chi connectivity index (χ4n) is 5.32. The molecule has 1 unspecified atom stereocenters. The Morgan fingerprint density at radius 3 is 2.80 bits per heavy atom. The van der Waals surface area contributed by atoms with Crippen LogP contribution in [0.4, 0.5) is 9.52 Å². The summed E-state index contributed by atoms with van der Waals surface area (Å²) >= 11 is 1.40. The molecule has 1 aliphatic carbocycles. The maximum Gasteiger partial charge on any atom is 0.256 e. The van der Waals surface area contributed by atoms with Gasteiger partial charge in [-0.25, -0.2) is 9.37 Å². The average molecular weight is 488 g/mol. The quantitative estimate of drug-likeness (QED) is 0.452. The summed E-state index contributed by atoms with van der Waals surface area (Å²) in [6.07, 6.45) is 5.08. The smallest absolute Gasteiger partial charge is 0.256 e. The van der Waals surface area contributed by atoms with Gasteiger partial charge in [0.2, 0.25) is 0 Å². The highest BCUT2D eigenvalue weighted by Crippen LogP contribution is 2.47. The zero-order chi connectivity index (χ0) is 24.1. The van der Waals surface area contributed by atoms with Gasteiger partial charge in [0.1, 0.15) is 5.82 Å². The molecule has 10 heteroatoms. The number of amides is 1. The van der Waals surface area contributed by atoms with E-state index >= 15 is 0 Å².